The molecule has 1 aromatic rings. The highest BCUT2D eigenvalue weighted by Gasteiger charge is 2.43. The van der Waals surface area contributed by atoms with Crippen LogP contribution in [0.1, 0.15) is 40.2 Å². The molecular formula is C17H24O4S. The lowest BCUT2D eigenvalue weighted by Crippen LogP contribution is -2.43. The monoisotopic (exact) mass is 324 g/mol. The smallest absolute Gasteiger partial charge is 0.322 e. The highest BCUT2D eigenvalue weighted by atomic mass is 32.2. The number of carbonyl (C=O) groups excluding carboxylic acids is 1. The predicted octanol–water partition coefficient (Wildman–Crippen LogP) is 3.74. The third-order valence-corrected chi connectivity index (χ3v) is 4.50. The minimum absolute atomic E-state index is 0.639. The van der Waals surface area contributed by atoms with Crippen LogP contribution in [0.15, 0.2) is 30.3 Å². The maximum absolute atomic E-state index is 12.2. The number of ether oxygens (including phenoxy) is 1. The Morgan fingerprint density at radius 2 is 1.68 bits per heavy atom. The first-order chi connectivity index (χ1) is 10.0. The molecule has 1 N–H and O–H groups in total. The van der Waals surface area contributed by atoms with Gasteiger partial charge in [-0.05, 0) is 40.2 Å². The summed E-state index contributed by atoms with van der Waals surface area (Å²) in [5.74, 6) is -2.41. The van der Waals surface area contributed by atoms with Crippen LogP contribution in [0.2, 0.25) is 0 Å². The fraction of sp³-hybridized carbons (Fsp3) is 0.529. The molecule has 0 unspecified atom stereocenters. The molecule has 22 heavy (non-hydrogen) atoms. The molecule has 0 spiro atoms. The molecule has 0 aliphatic rings. The maximum atomic E-state index is 12.2. The molecular weight excluding hydrogens is 300 g/mol. The van der Waals surface area contributed by atoms with Crippen LogP contribution >= 0.6 is 11.8 Å². The zero-order chi connectivity index (χ0) is 17.0. The summed E-state index contributed by atoms with van der Waals surface area (Å²) in [6.45, 7) is 8.72. The molecule has 5 heteroatoms. The molecule has 0 saturated carbocycles. The molecule has 4 nitrogen and oxygen atoms in total. The number of aliphatic carboxylic acids is 1. The molecule has 0 fully saturated rings. The molecule has 0 aromatic heterocycles. The molecule has 0 bridgehead atoms. The van der Waals surface area contributed by atoms with Gasteiger partial charge in [-0.2, -0.15) is 0 Å². The van der Waals surface area contributed by atoms with Crippen molar-refractivity contribution in [2.24, 2.45) is 5.92 Å². The number of benzene rings is 1. The molecule has 0 radical (unpaired) electrons. The molecule has 1 rings (SSSR count). The summed E-state index contributed by atoms with van der Waals surface area (Å²) in [6.07, 6.45) is 0. The van der Waals surface area contributed by atoms with Gasteiger partial charge < -0.3 is 9.84 Å². The lowest BCUT2D eigenvalue weighted by molar-refractivity contribution is -0.167. The van der Waals surface area contributed by atoms with Crippen molar-refractivity contribution in [3.8, 4) is 0 Å². The van der Waals surface area contributed by atoms with Crippen molar-refractivity contribution < 1.29 is 19.4 Å². The van der Waals surface area contributed by atoms with Crippen molar-refractivity contribution in [2.75, 3.05) is 0 Å². The summed E-state index contributed by atoms with van der Waals surface area (Å²) in [5, 5.41) is 9.46. The molecule has 0 amide bonds. The van der Waals surface area contributed by atoms with Gasteiger partial charge in [-0.1, -0.05) is 30.3 Å². The SMILES string of the molecule is CC(C)(C)OC(=O)[C@@H](C(=O)O)C(C)(C)SCc1ccccc1. The Hall–Kier alpha value is -1.49. The van der Waals surface area contributed by atoms with Crippen molar-refractivity contribution in [1.29, 1.82) is 0 Å². The van der Waals surface area contributed by atoms with Crippen LogP contribution in [0, 0.1) is 5.92 Å². The second-order valence-electron chi connectivity index (χ2n) is 6.68. The molecule has 0 saturated heterocycles. The van der Waals surface area contributed by atoms with Crippen molar-refractivity contribution in [1.82, 2.24) is 0 Å². The first kappa shape index (κ1) is 18.6. The zero-order valence-corrected chi connectivity index (χ0v) is 14.6. The largest absolute Gasteiger partial charge is 0.481 e. The molecule has 1 aromatic carbocycles. The lowest BCUT2D eigenvalue weighted by Gasteiger charge is -2.31. The van der Waals surface area contributed by atoms with E-state index in [-0.39, 0.29) is 0 Å². The summed E-state index contributed by atoms with van der Waals surface area (Å²) in [4.78, 5) is 23.8. The van der Waals surface area contributed by atoms with E-state index in [4.69, 9.17) is 4.74 Å². The van der Waals surface area contributed by atoms with Gasteiger partial charge in [-0.15, -0.1) is 11.8 Å². The number of esters is 1. The van der Waals surface area contributed by atoms with Gasteiger partial charge >= 0.3 is 11.9 Å². The Morgan fingerprint density at radius 3 is 2.14 bits per heavy atom. The van der Waals surface area contributed by atoms with E-state index in [0.717, 1.165) is 5.56 Å². The second kappa shape index (κ2) is 7.18. The summed E-state index contributed by atoms with van der Waals surface area (Å²) < 4.78 is 4.49. The fourth-order valence-electron chi connectivity index (χ4n) is 1.97. The number of carboxylic acid groups (broad SMARTS) is 1. The molecule has 1 atom stereocenters. The van der Waals surface area contributed by atoms with E-state index in [1.165, 1.54) is 11.8 Å². The number of carbonyl (C=O) groups is 2. The van der Waals surface area contributed by atoms with Crippen LogP contribution in [-0.4, -0.2) is 27.4 Å². The topological polar surface area (TPSA) is 63.6 Å². The normalized spacial score (nSPS) is 13.5. The van der Waals surface area contributed by atoms with E-state index < -0.39 is 28.2 Å². The van der Waals surface area contributed by atoms with Gasteiger partial charge in [0.25, 0.3) is 0 Å². The summed E-state index contributed by atoms with van der Waals surface area (Å²) in [7, 11) is 0. The summed E-state index contributed by atoms with van der Waals surface area (Å²) >= 11 is 1.44. The van der Waals surface area contributed by atoms with Crippen molar-refractivity contribution >= 4 is 23.7 Å². The Morgan fingerprint density at radius 1 is 1.14 bits per heavy atom. The third kappa shape index (κ3) is 5.72. The van der Waals surface area contributed by atoms with Crippen molar-refractivity contribution in [2.45, 2.75) is 50.7 Å². The van der Waals surface area contributed by atoms with Crippen LogP contribution in [-0.2, 0) is 20.1 Å². The Labute approximate surface area is 136 Å². The Bertz CT molecular complexity index is 517. The maximum Gasteiger partial charge on any atom is 0.322 e. The van der Waals surface area contributed by atoms with E-state index in [9.17, 15) is 14.7 Å². The predicted molar refractivity (Wildman–Crippen MR) is 88.8 cm³/mol. The van der Waals surface area contributed by atoms with Gasteiger partial charge in [0.2, 0.25) is 0 Å². The first-order valence-corrected chi connectivity index (χ1v) is 8.15. The lowest BCUT2D eigenvalue weighted by atomic mass is 9.94. The minimum atomic E-state index is -1.21. The summed E-state index contributed by atoms with van der Waals surface area (Å²) in [5.41, 5.74) is 0.388. The van der Waals surface area contributed by atoms with Crippen LogP contribution < -0.4 is 0 Å². The van der Waals surface area contributed by atoms with Crippen LogP contribution in [0.5, 0.6) is 0 Å². The Balaban J connectivity index is 2.84. The molecule has 0 heterocycles. The van der Waals surface area contributed by atoms with Gasteiger partial charge in [0, 0.05) is 10.5 Å². The number of thioether (sulfide) groups is 1. The van der Waals surface area contributed by atoms with Gasteiger partial charge in [0.05, 0.1) is 0 Å². The number of hydrogen-bond donors (Lipinski definition) is 1. The molecule has 0 aliphatic carbocycles. The van der Waals surface area contributed by atoms with Crippen molar-refractivity contribution in [3.05, 3.63) is 35.9 Å². The summed E-state index contributed by atoms with van der Waals surface area (Å²) in [6, 6.07) is 9.76. The average Bonchev–Trinajstić information content (AvgIpc) is 2.34. The molecule has 0 aliphatic heterocycles. The van der Waals surface area contributed by atoms with Crippen molar-refractivity contribution in [3.63, 3.8) is 0 Å². The van der Waals surface area contributed by atoms with Gasteiger partial charge in [-0.25, -0.2) is 0 Å². The quantitative estimate of drug-likeness (QED) is 0.638. The van der Waals surface area contributed by atoms with E-state index in [0.29, 0.717) is 5.75 Å². The van der Waals surface area contributed by atoms with Gasteiger partial charge in [-0.3, -0.25) is 9.59 Å². The van der Waals surface area contributed by atoms with Crippen LogP contribution in [0.4, 0.5) is 0 Å². The highest BCUT2D eigenvalue weighted by Crippen LogP contribution is 2.36. The first-order valence-electron chi connectivity index (χ1n) is 7.16. The Kier molecular flexibility index (Phi) is 6.06. The number of carboxylic acids is 1. The van der Waals surface area contributed by atoms with E-state index in [1.54, 1.807) is 34.6 Å². The third-order valence-electron chi connectivity index (χ3n) is 3.04. The minimum Gasteiger partial charge on any atom is -0.481 e. The van der Waals surface area contributed by atoms with E-state index in [2.05, 4.69) is 0 Å². The second-order valence-corrected chi connectivity index (χ2v) is 8.31. The van der Waals surface area contributed by atoms with E-state index >= 15 is 0 Å². The number of rotatable bonds is 6. The number of hydrogen-bond acceptors (Lipinski definition) is 4. The van der Waals surface area contributed by atoms with Gasteiger partial charge in [0.15, 0.2) is 5.92 Å². The fourth-order valence-corrected chi connectivity index (χ4v) is 3.06. The average molecular weight is 324 g/mol. The van der Waals surface area contributed by atoms with Crippen LogP contribution in [0.25, 0.3) is 0 Å². The van der Waals surface area contributed by atoms with E-state index in [1.807, 2.05) is 30.3 Å². The standard InChI is InChI=1S/C17H24O4S/c1-16(2,3)21-15(20)13(14(18)19)17(4,5)22-11-12-9-7-6-8-10-12/h6-10,13H,11H2,1-5H3,(H,18,19)/t13-/m1/s1. The highest BCUT2D eigenvalue weighted by molar-refractivity contribution is 7.99. The van der Waals surface area contributed by atoms with Gasteiger partial charge in [0.1, 0.15) is 5.60 Å². The zero-order valence-electron chi connectivity index (χ0n) is 13.8. The van der Waals surface area contributed by atoms with Crippen LogP contribution in [0.3, 0.4) is 0 Å². The molecule has 122 valence electrons.